The van der Waals surface area contributed by atoms with E-state index >= 15 is 0 Å². The first-order valence-electron chi connectivity index (χ1n) is 13.5. The molecule has 1 N–H and O–H groups in total. The number of aromatic nitrogens is 3. The van der Waals surface area contributed by atoms with E-state index in [2.05, 4.69) is 37.4 Å². The molecule has 204 valence electrons. The fraction of sp³-hybridized carbons (Fsp3) is 0.400. The summed E-state index contributed by atoms with van der Waals surface area (Å²) in [5.41, 5.74) is 2.99. The lowest BCUT2D eigenvalue weighted by Crippen LogP contribution is -2.49. The second-order valence-corrected chi connectivity index (χ2v) is 11.5. The topological polar surface area (TPSA) is 130 Å². The summed E-state index contributed by atoms with van der Waals surface area (Å²) < 4.78 is 0. The fourth-order valence-electron chi connectivity index (χ4n) is 6.12. The van der Waals surface area contributed by atoms with Crippen LogP contribution in [0.25, 0.3) is 11.1 Å². The summed E-state index contributed by atoms with van der Waals surface area (Å²) in [5, 5.41) is 11.8. The maximum Gasteiger partial charge on any atom is 0.243 e. The Morgan fingerprint density at radius 2 is 1.85 bits per heavy atom. The number of nitrogens with one attached hydrogen (secondary N) is 1. The van der Waals surface area contributed by atoms with E-state index in [9.17, 15) is 14.4 Å². The first-order valence-corrected chi connectivity index (χ1v) is 13.5. The Labute approximate surface area is 232 Å². The minimum absolute atomic E-state index is 0.0336. The molecule has 1 aliphatic carbocycles. The molecule has 1 unspecified atom stereocenters. The number of aryl methyl sites for hydroxylation is 2. The van der Waals surface area contributed by atoms with Gasteiger partial charge in [0, 0.05) is 48.5 Å². The Bertz CT molecular complexity index is 1560. The maximum absolute atomic E-state index is 14.0. The van der Waals surface area contributed by atoms with Gasteiger partial charge in [-0.15, -0.1) is 0 Å². The van der Waals surface area contributed by atoms with Gasteiger partial charge >= 0.3 is 0 Å². The zero-order chi connectivity index (χ0) is 28.2. The molecule has 2 aromatic heterocycles. The van der Waals surface area contributed by atoms with Crippen LogP contribution in [0, 0.1) is 19.3 Å². The van der Waals surface area contributed by atoms with Crippen LogP contribution < -0.4 is 5.32 Å². The average Bonchev–Trinajstić information content (AvgIpc) is 3.29. The van der Waals surface area contributed by atoms with Gasteiger partial charge in [0.1, 0.15) is 11.9 Å². The van der Waals surface area contributed by atoms with Crippen LogP contribution in [-0.4, -0.2) is 49.5 Å². The van der Waals surface area contributed by atoms with Gasteiger partial charge in [-0.05, 0) is 73.9 Å². The molecule has 0 radical (unpaired) electrons. The molecule has 4 heterocycles. The molecule has 0 spiro atoms. The lowest BCUT2D eigenvalue weighted by atomic mass is 9.81. The predicted octanol–water partition coefficient (Wildman–Crippen LogP) is 4.12. The van der Waals surface area contributed by atoms with Crippen LogP contribution in [0.5, 0.6) is 0 Å². The minimum Gasteiger partial charge on any atom is -0.350 e. The van der Waals surface area contributed by atoms with Crippen LogP contribution in [0.4, 0.5) is 5.69 Å². The number of fused-ring (bicyclic) bond motifs is 2. The van der Waals surface area contributed by atoms with E-state index in [0.717, 1.165) is 28.7 Å². The molecular weight excluding hydrogens is 506 g/mol. The summed E-state index contributed by atoms with van der Waals surface area (Å²) >= 11 is 0. The molecule has 1 saturated heterocycles. The van der Waals surface area contributed by atoms with Crippen LogP contribution in [0.3, 0.4) is 0 Å². The van der Waals surface area contributed by atoms with Crippen molar-refractivity contribution >= 4 is 23.3 Å². The molecular formula is C30H31N7O3. The monoisotopic (exact) mass is 537 g/mol. The number of nitrogens with zero attached hydrogens (tertiary/aromatic N) is 6. The summed E-state index contributed by atoms with van der Waals surface area (Å²) in [6.07, 6.45) is 8.09. The molecule has 3 aliphatic rings. The Morgan fingerprint density at radius 3 is 2.55 bits per heavy atom. The molecule has 10 heteroatoms. The van der Waals surface area contributed by atoms with Gasteiger partial charge in [-0.1, -0.05) is 13.0 Å². The summed E-state index contributed by atoms with van der Waals surface area (Å²) in [7, 11) is 0. The van der Waals surface area contributed by atoms with E-state index in [1.807, 2.05) is 38.1 Å². The highest BCUT2D eigenvalue weighted by atomic mass is 16.2. The molecule has 2 amide bonds. The normalized spacial score (nSPS) is 25.9. The lowest BCUT2D eigenvalue weighted by molar-refractivity contribution is -0.142. The van der Waals surface area contributed by atoms with E-state index in [0.29, 0.717) is 30.0 Å². The van der Waals surface area contributed by atoms with Crippen LogP contribution in [0.1, 0.15) is 55.6 Å². The molecule has 1 saturated carbocycles. The summed E-state index contributed by atoms with van der Waals surface area (Å²) in [6.45, 7) is 7.61. The molecule has 3 aromatic rings. The standard InChI is InChI=1S/C30H31N7O3/c1-17-8-21(22-15-32-19(3)33-16-22)9-23-27(17)35-36-30(23,18(2)38)12-26(39)37-24(10-29(4)11-25(29)37)28(40)34-14-20-6-5-7-31-13-20/h5-9,13,15-16,24-25H,10-12,14H2,1-4H3,(H,34,40)/t24-,25+,29-,30?/m0/s1. The van der Waals surface area contributed by atoms with Crippen LogP contribution in [0.2, 0.25) is 0 Å². The Morgan fingerprint density at radius 1 is 1.07 bits per heavy atom. The Balaban J connectivity index is 1.29. The highest BCUT2D eigenvalue weighted by molar-refractivity contribution is 5.98. The van der Waals surface area contributed by atoms with Crippen molar-refractivity contribution in [2.45, 2.75) is 71.1 Å². The van der Waals surface area contributed by atoms with Crippen molar-refractivity contribution < 1.29 is 14.4 Å². The number of hydrogen-bond acceptors (Lipinski definition) is 8. The largest absolute Gasteiger partial charge is 0.350 e. The molecule has 0 bridgehead atoms. The SMILES string of the molecule is CC(=O)C1(CC(=O)N2[C@H](C(=O)NCc3cccnc3)C[C@@]3(C)C[C@@H]23)N=Nc2c(C)cc(-c3cnc(C)nc3)cc21. The van der Waals surface area contributed by atoms with Crippen molar-refractivity contribution in [1.29, 1.82) is 0 Å². The third kappa shape index (κ3) is 4.27. The van der Waals surface area contributed by atoms with Gasteiger partial charge in [0.25, 0.3) is 0 Å². The number of benzene rings is 1. The molecule has 2 fully saturated rings. The Hall–Kier alpha value is -4.34. The Kier molecular flexibility index (Phi) is 6.08. The van der Waals surface area contributed by atoms with Gasteiger partial charge in [0.05, 0.1) is 12.1 Å². The van der Waals surface area contributed by atoms with E-state index in [-0.39, 0.29) is 35.5 Å². The average molecular weight is 538 g/mol. The quantitative estimate of drug-likeness (QED) is 0.483. The number of piperidine rings is 1. The number of carbonyl (C=O) groups excluding carboxylic acids is 3. The number of pyridine rings is 1. The number of hydrogen-bond donors (Lipinski definition) is 1. The van der Waals surface area contributed by atoms with Crippen molar-refractivity contribution in [1.82, 2.24) is 25.2 Å². The van der Waals surface area contributed by atoms with E-state index in [4.69, 9.17) is 0 Å². The fourth-order valence-corrected chi connectivity index (χ4v) is 6.12. The first-order chi connectivity index (χ1) is 19.1. The number of Topliss-reactive ketones (excluding diaryl/α,β-unsaturated/α-hetero) is 1. The zero-order valence-corrected chi connectivity index (χ0v) is 23.0. The van der Waals surface area contributed by atoms with E-state index in [1.54, 1.807) is 29.7 Å². The van der Waals surface area contributed by atoms with Gasteiger partial charge in [0.2, 0.25) is 11.8 Å². The summed E-state index contributed by atoms with van der Waals surface area (Å²) in [4.78, 5) is 55.0. The number of rotatable bonds is 7. The zero-order valence-electron chi connectivity index (χ0n) is 23.0. The van der Waals surface area contributed by atoms with Gasteiger partial charge in [-0.2, -0.15) is 10.2 Å². The van der Waals surface area contributed by atoms with Crippen LogP contribution in [0.15, 0.2) is 59.3 Å². The second kappa shape index (κ2) is 9.39. The van der Waals surface area contributed by atoms with Crippen molar-refractivity contribution in [3.05, 3.63) is 71.6 Å². The van der Waals surface area contributed by atoms with Crippen molar-refractivity contribution in [2.24, 2.45) is 15.6 Å². The van der Waals surface area contributed by atoms with Crippen LogP contribution in [-0.2, 0) is 26.5 Å². The first kappa shape index (κ1) is 25.9. The maximum atomic E-state index is 14.0. The lowest BCUT2D eigenvalue weighted by Gasteiger charge is -2.30. The third-order valence-corrected chi connectivity index (χ3v) is 8.59. The number of carbonyl (C=O) groups is 3. The molecule has 4 atom stereocenters. The molecule has 2 aliphatic heterocycles. The molecule has 6 rings (SSSR count). The van der Waals surface area contributed by atoms with E-state index in [1.165, 1.54) is 6.92 Å². The smallest absolute Gasteiger partial charge is 0.243 e. The highest BCUT2D eigenvalue weighted by Crippen LogP contribution is 2.60. The van der Waals surface area contributed by atoms with Gasteiger partial charge in [-0.25, -0.2) is 9.97 Å². The van der Waals surface area contributed by atoms with Crippen molar-refractivity contribution in [2.75, 3.05) is 0 Å². The van der Waals surface area contributed by atoms with Gasteiger partial charge in [0.15, 0.2) is 11.3 Å². The van der Waals surface area contributed by atoms with Crippen molar-refractivity contribution in [3.8, 4) is 11.1 Å². The summed E-state index contributed by atoms with van der Waals surface area (Å²) in [6, 6.07) is 6.90. The minimum atomic E-state index is -1.46. The molecule has 1 aromatic carbocycles. The number of ketones is 1. The van der Waals surface area contributed by atoms with Crippen LogP contribution >= 0.6 is 0 Å². The van der Waals surface area contributed by atoms with Gasteiger partial charge < -0.3 is 10.2 Å². The highest BCUT2D eigenvalue weighted by Gasteiger charge is 2.65. The molecule has 40 heavy (non-hydrogen) atoms. The number of azo groups is 1. The van der Waals surface area contributed by atoms with Gasteiger partial charge in [-0.3, -0.25) is 19.4 Å². The predicted molar refractivity (Wildman–Crippen MR) is 146 cm³/mol. The number of amides is 2. The van der Waals surface area contributed by atoms with Crippen molar-refractivity contribution in [3.63, 3.8) is 0 Å². The number of likely N-dealkylation sites (tertiary alicyclic amines) is 1. The molecule has 10 nitrogen and oxygen atoms in total. The summed E-state index contributed by atoms with van der Waals surface area (Å²) in [5.74, 6) is -0.0765. The second-order valence-electron chi connectivity index (χ2n) is 11.5. The third-order valence-electron chi connectivity index (χ3n) is 8.59. The van der Waals surface area contributed by atoms with E-state index < -0.39 is 11.6 Å².